The predicted molar refractivity (Wildman–Crippen MR) is 108 cm³/mol. The molecule has 9 heteroatoms. The molecule has 0 aliphatic heterocycles. The first-order valence-corrected chi connectivity index (χ1v) is 9.30. The van der Waals surface area contributed by atoms with Crippen LogP contribution in [0, 0.1) is 10.1 Å². The molecule has 144 valence electrons. The number of carbonyl (C=O) groups excluding carboxylic acids is 1. The molecule has 0 spiro atoms. The van der Waals surface area contributed by atoms with Crippen LogP contribution in [0.15, 0.2) is 51.7 Å². The highest BCUT2D eigenvalue weighted by atomic mass is 79.9. The number of benzene rings is 2. The van der Waals surface area contributed by atoms with E-state index in [-0.39, 0.29) is 35.3 Å². The van der Waals surface area contributed by atoms with Gasteiger partial charge in [-0.05, 0) is 54.0 Å². The van der Waals surface area contributed by atoms with Crippen molar-refractivity contribution in [2.75, 3.05) is 0 Å². The Hall–Kier alpha value is -3.07. The van der Waals surface area contributed by atoms with Crippen LogP contribution in [0.25, 0.3) is 10.9 Å². The Balaban J connectivity index is 1.96. The molecule has 0 bridgehead atoms. The SMILES string of the molecule is CC(C)N(Cc1nc2ccccc2c(=O)[nH]1)C(=O)c1ccc(Br)c([N+](=O)[O-])c1. The molecule has 1 N–H and O–H groups in total. The fraction of sp³-hybridized carbons (Fsp3) is 0.211. The van der Waals surface area contributed by atoms with E-state index in [0.29, 0.717) is 21.2 Å². The van der Waals surface area contributed by atoms with Crippen LogP contribution in [0.4, 0.5) is 5.69 Å². The molecule has 0 unspecified atom stereocenters. The summed E-state index contributed by atoms with van der Waals surface area (Å²) in [6, 6.07) is 11.0. The van der Waals surface area contributed by atoms with E-state index in [9.17, 15) is 19.7 Å². The smallest absolute Gasteiger partial charge is 0.284 e. The second-order valence-electron chi connectivity index (χ2n) is 6.48. The Morgan fingerprint density at radius 3 is 2.68 bits per heavy atom. The highest BCUT2D eigenvalue weighted by molar-refractivity contribution is 9.10. The molecule has 0 atom stereocenters. The van der Waals surface area contributed by atoms with Gasteiger partial charge in [0.05, 0.1) is 26.8 Å². The number of aromatic nitrogens is 2. The Morgan fingerprint density at radius 2 is 2.00 bits per heavy atom. The van der Waals surface area contributed by atoms with Crippen molar-refractivity contribution in [1.82, 2.24) is 14.9 Å². The van der Waals surface area contributed by atoms with Gasteiger partial charge in [0.15, 0.2) is 0 Å². The van der Waals surface area contributed by atoms with E-state index in [1.54, 1.807) is 24.3 Å². The number of amides is 1. The second kappa shape index (κ2) is 7.89. The summed E-state index contributed by atoms with van der Waals surface area (Å²) in [6.45, 7) is 3.72. The molecule has 1 aromatic heterocycles. The standard InChI is InChI=1S/C19H17BrN4O4/c1-11(2)23(19(26)12-7-8-14(20)16(9-12)24(27)28)10-17-21-15-6-4-3-5-13(15)18(25)22-17/h3-9,11H,10H2,1-2H3,(H,21,22,25). The van der Waals surface area contributed by atoms with Crippen molar-refractivity contribution in [2.45, 2.75) is 26.4 Å². The molecule has 0 saturated heterocycles. The minimum absolute atomic E-state index is 0.0699. The van der Waals surface area contributed by atoms with E-state index >= 15 is 0 Å². The van der Waals surface area contributed by atoms with Gasteiger partial charge in [-0.15, -0.1) is 0 Å². The first-order valence-electron chi connectivity index (χ1n) is 8.50. The first kappa shape index (κ1) is 19.7. The summed E-state index contributed by atoms with van der Waals surface area (Å²) in [5.74, 6) is -0.0428. The van der Waals surface area contributed by atoms with Gasteiger partial charge in [-0.2, -0.15) is 0 Å². The third-order valence-corrected chi connectivity index (χ3v) is 4.93. The average Bonchev–Trinajstić information content (AvgIpc) is 2.65. The van der Waals surface area contributed by atoms with Gasteiger partial charge >= 0.3 is 0 Å². The van der Waals surface area contributed by atoms with E-state index in [2.05, 4.69) is 25.9 Å². The molecular formula is C19H17BrN4O4. The number of fused-ring (bicyclic) bond motifs is 1. The lowest BCUT2D eigenvalue weighted by atomic mass is 10.1. The average molecular weight is 445 g/mol. The number of nitro groups is 1. The quantitative estimate of drug-likeness (QED) is 0.477. The number of aromatic amines is 1. The molecule has 1 amide bonds. The number of hydrogen-bond acceptors (Lipinski definition) is 5. The van der Waals surface area contributed by atoms with Gasteiger partial charge in [0, 0.05) is 17.7 Å². The molecule has 0 aliphatic rings. The summed E-state index contributed by atoms with van der Waals surface area (Å²) in [4.78, 5) is 44.5. The fourth-order valence-electron chi connectivity index (χ4n) is 2.81. The van der Waals surface area contributed by atoms with Crippen LogP contribution >= 0.6 is 15.9 Å². The van der Waals surface area contributed by atoms with Crippen molar-refractivity contribution in [3.05, 3.63) is 78.8 Å². The minimum Gasteiger partial charge on any atom is -0.329 e. The molecule has 1 heterocycles. The number of halogens is 1. The van der Waals surface area contributed by atoms with Crippen molar-refractivity contribution >= 4 is 38.4 Å². The van der Waals surface area contributed by atoms with Crippen molar-refractivity contribution < 1.29 is 9.72 Å². The van der Waals surface area contributed by atoms with Gasteiger partial charge in [-0.1, -0.05) is 12.1 Å². The zero-order valence-electron chi connectivity index (χ0n) is 15.2. The Labute approximate surface area is 168 Å². The highest BCUT2D eigenvalue weighted by Gasteiger charge is 2.23. The first-order chi connectivity index (χ1) is 13.3. The zero-order chi connectivity index (χ0) is 20.4. The van der Waals surface area contributed by atoms with Gasteiger partial charge in [0.25, 0.3) is 17.2 Å². The number of hydrogen-bond donors (Lipinski definition) is 1. The summed E-state index contributed by atoms with van der Waals surface area (Å²) in [5, 5.41) is 11.6. The molecule has 0 fully saturated rings. The topological polar surface area (TPSA) is 109 Å². The molecule has 0 aliphatic carbocycles. The van der Waals surface area contributed by atoms with Crippen LogP contribution in [-0.4, -0.2) is 31.7 Å². The Bertz CT molecular complexity index is 1130. The summed E-state index contributed by atoms with van der Waals surface area (Å²) in [5.41, 5.74) is 0.256. The molecule has 3 aromatic rings. The number of carbonyl (C=O) groups is 1. The van der Waals surface area contributed by atoms with Crippen molar-refractivity contribution in [3.8, 4) is 0 Å². The van der Waals surface area contributed by atoms with E-state index in [0.717, 1.165) is 0 Å². The molecule has 0 radical (unpaired) electrons. The number of nitrogens with zero attached hydrogens (tertiary/aromatic N) is 3. The summed E-state index contributed by atoms with van der Waals surface area (Å²) >= 11 is 3.11. The second-order valence-corrected chi connectivity index (χ2v) is 7.33. The van der Waals surface area contributed by atoms with E-state index in [1.165, 1.54) is 23.1 Å². The Morgan fingerprint density at radius 1 is 1.29 bits per heavy atom. The predicted octanol–water partition coefficient (Wildman–Crippen LogP) is 3.64. The number of nitrogens with one attached hydrogen (secondary N) is 1. The van der Waals surface area contributed by atoms with Crippen LogP contribution in [0.2, 0.25) is 0 Å². The van der Waals surface area contributed by atoms with Gasteiger partial charge in [-0.25, -0.2) is 4.98 Å². The molecule has 3 rings (SSSR count). The van der Waals surface area contributed by atoms with Crippen LogP contribution in [-0.2, 0) is 6.54 Å². The molecule has 0 saturated carbocycles. The number of rotatable bonds is 5. The van der Waals surface area contributed by atoms with Crippen LogP contribution in [0.3, 0.4) is 0 Å². The third-order valence-electron chi connectivity index (χ3n) is 4.26. The third kappa shape index (κ3) is 3.94. The van der Waals surface area contributed by atoms with E-state index in [1.807, 2.05) is 13.8 Å². The fourth-order valence-corrected chi connectivity index (χ4v) is 3.20. The van der Waals surface area contributed by atoms with Crippen molar-refractivity contribution in [3.63, 3.8) is 0 Å². The minimum atomic E-state index is -0.553. The molecule has 2 aromatic carbocycles. The summed E-state index contributed by atoms with van der Waals surface area (Å²) < 4.78 is 0.297. The number of H-pyrrole nitrogens is 1. The molecule has 8 nitrogen and oxygen atoms in total. The van der Waals surface area contributed by atoms with Crippen LogP contribution < -0.4 is 5.56 Å². The maximum absolute atomic E-state index is 13.0. The highest BCUT2D eigenvalue weighted by Crippen LogP contribution is 2.26. The van der Waals surface area contributed by atoms with Gasteiger partial charge < -0.3 is 9.88 Å². The lowest BCUT2D eigenvalue weighted by molar-refractivity contribution is -0.385. The molecular weight excluding hydrogens is 428 g/mol. The normalized spacial score (nSPS) is 11.0. The van der Waals surface area contributed by atoms with Crippen LogP contribution in [0.5, 0.6) is 0 Å². The van der Waals surface area contributed by atoms with Gasteiger partial charge in [0.2, 0.25) is 0 Å². The maximum atomic E-state index is 13.0. The summed E-state index contributed by atoms with van der Waals surface area (Å²) in [7, 11) is 0. The largest absolute Gasteiger partial charge is 0.329 e. The van der Waals surface area contributed by atoms with E-state index in [4.69, 9.17) is 0 Å². The van der Waals surface area contributed by atoms with Crippen LogP contribution in [0.1, 0.15) is 30.0 Å². The van der Waals surface area contributed by atoms with E-state index < -0.39 is 4.92 Å². The lowest BCUT2D eigenvalue weighted by Gasteiger charge is -2.26. The monoisotopic (exact) mass is 444 g/mol. The maximum Gasteiger partial charge on any atom is 0.284 e. The van der Waals surface area contributed by atoms with Crippen molar-refractivity contribution in [1.29, 1.82) is 0 Å². The Kier molecular flexibility index (Phi) is 5.55. The van der Waals surface area contributed by atoms with Gasteiger partial charge in [-0.3, -0.25) is 19.7 Å². The molecule has 28 heavy (non-hydrogen) atoms. The van der Waals surface area contributed by atoms with Gasteiger partial charge in [0.1, 0.15) is 5.82 Å². The lowest BCUT2D eigenvalue weighted by Crippen LogP contribution is -2.37. The summed E-state index contributed by atoms with van der Waals surface area (Å²) in [6.07, 6.45) is 0. The number of para-hydroxylation sites is 1. The van der Waals surface area contributed by atoms with Crippen molar-refractivity contribution in [2.24, 2.45) is 0 Å². The number of nitro benzene ring substituents is 1. The zero-order valence-corrected chi connectivity index (χ0v) is 16.8.